The van der Waals surface area contributed by atoms with Gasteiger partial charge in [0.05, 0.1) is 7.11 Å². The molecule has 2 rings (SSSR count). The number of aromatic amines is 1. The van der Waals surface area contributed by atoms with Crippen LogP contribution in [0.25, 0.3) is 11.4 Å². The normalized spacial score (nSPS) is 10.1. The Bertz CT molecular complexity index is 508. The molecule has 0 aliphatic rings. The van der Waals surface area contributed by atoms with Gasteiger partial charge in [0.25, 0.3) is 0 Å². The van der Waals surface area contributed by atoms with Gasteiger partial charge in [0.15, 0.2) is 0 Å². The molecule has 94 valence electrons. The summed E-state index contributed by atoms with van der Waals surface area (Å²) in [5.74, 6) is 0.837. The molecule has 5 nitrogen and oxygen atoms in total. The molecule has 2 N–H and O–H groups in total. The maximum atomic E-state index is 10.9. The molecule has 0 atom stereocenters. The van der Waals surface area contributed by atoms with Crippen molar-refractivity contribution in [3.05, 3.63) is 42.2 Å². The van der Waals surface area contributed by atoms with Crippen molar-refractivity contribution in [2.24, 2.45) is 0 Å². The number of carbonyl (C=O) groups is 1. The summed E-state index contributed by atoms with van der Waals surface area (Å²) in [5.41, 5.74) is 2.02. The predicted molar refractivity (Wildman–Crippen MR) is 68.1 cm³/mol. The molecule has 2 aromatic rings. The average molecular weight is 245 g/mol. The number of imidazole rings is 1. The van der Waals surface area contributed by atoms with Gasteiger partial charge in [-0.25, -0.2) is 9.78 Å². The molecule has 0 saturated heterocycles. The maximum Gasteiger partial charge on any atom is 0.406 e. The predicted octanol–water partition coefficient (Wildman–Crippen LogP) is 1.98. The van der Waals surface area contributed by atoms with Crippen LogP contribution in [0.3, 0.4) is 0 Å². The lowest BCUT2D eigenvalue weighted by Crippen LogP contribution is -2.25. The lowest BCUT2D eigenvalue weighted by molar-refractivity contribution is 0.171. The first-order valence-electron chi connectivity index (χ1n) is 5.70. The monoisotopic (exact) mass is 245 g/mol. The van der Waals surface area contributed by atoms with Crippen LogP contribution in [0.4, 0.5) is 4.79 Å². The summed E-state index contributed by atoms with van der Waals surface area (Å²) in [7, 11) is 1.35. The molecule has 0 fully saturated rings. The van der Waals surface area contributed by atoms with Gasteiger partial charge in [-0.1, -0.05) is 30.3 Å². The average Bonchev–Trinajstić information content (AvgIpc) is 2.88. The molecule has 18 heavy (non-hydrogen) atoms. The van der Waals surface area contributed by atoms with Crippen molar-refractivity contribution < 1.29 is 9.53 Å². The molecular weight excluding hydrogens is 230 g/mol. The number of H-pyrrole nitrogens is 1. The Kier molecular flexibility index (Phi) is 3.96. The highest BCUT2D eigenvalue weighted by Crippen LogP contribution is 2.14. The molecule has 0 radical (unpaired) electrons. The van der Waals surface area contributed by atoms with Gasteiger partial charge in [-0.3, -0.25) is 0 Å². The van der Waals surface area contributed by atoms with E-state index < -0.39 is 6.09 Å². The van der Waals surface area contributed by atoms with E-state index in [-0.39, 0.29) is 0 Å². The molecule has 0 saturated carbocycles. The molecule has 0 unspecified atom stereocenters. The Morgan fingerprint density at radius 3 is 2.89 bits per heavy atom. The van der Waals surface area contributed by atoms with E-state index in [9.17, 15) is 4.79 Å². The number of carbonyl (C=O) groups excluding carboxylic acids is 1. The lowest BCUT2D eigenvalue weighted by atomic mass is 10.2. The molecule has 1 amide bonds. The third-order valence-electron chi connectivity index (χ3n) is 2.52. The van der Waals surface area contributed by atoms with E-state index in [4.69, 9.17) is 0 Å². The molecule has 5 heteroatoms. The van der Waals surface area contributed by atoms with Crippen LogP contribution in [0.5, 0.6) is 0 Å². The maximum absolute atomic E-state index is 10.9. The number of nitrogens with zero attached hydrogens (tertiary/aromatic N) is 1. The zero-order chi connectivity index (χ0) is 12.8. The van der Waals surface area contributed by atoms with Crippen molar-refractivity contribution in [1.29, 1.82) is 0 Å². The molecule has 1 aromatic heterocycles. The van der Waals surface area contributed by atoms with Crippen molar-refractivity contribution >= 4 is 6.09 Å². The number of methoxy groups -OCH3 is 1. The highest BCUT2D eigenvalue weighted by molar-refractivity contribution is 5.66. The molecular formula is C13H15N3O2. The molecule has 0 aliphatic heterocycles. The fraction of sp³-hybridized carbons (Fsp3) is 0.231. The van der Waals surface area contributed by atoms with Crippen LogP contribution in [-0.4, -0.2) is 29.7 Å². The van der Waals surface area contributed by atoms with E-state index in [2.05, 4.69) is 20.0 Å². The van der Waals surface area contributed by atoms with Gasteiger partial charge in [0, 0.05) is 30.4 Å². The summed E-state index contributed by atoms with van der Waals surface area (Å²) >= 11 is 0. The topological polar surface area (TPSA) is 67.0 Å². The van der Waals surface area contributed by atoms with Crippen LogP contribution in [-0.2, 0) is 11.2 Å². The van der Waals surface area contributed by atoms with E-state index in [0.717, 1.165) is 17.1 Å². The summed E-state index contributed by atoms with van der Waals surface area (Å²) in [5, 5.41) is 2.62. The summed E-state index contributed by atoms with van der Waals surface area (Å²) in [6, 6.07) is 9.89. The number of nitrogens with one attached hydrogen (secondary N) is 2. The number of aromatic nitrogens is 2. The Balaban J connectivity index is 1.93. The summed E-state index contributed by atoms with van der Waals surface area (Å²) < 4.78 is 4.49. The molecule has 0 bridgehead atoms. The first kappa shape index (κ1) is 12.2. The van der Waals surface area contributed by atoms with Gasteiger partial charge in [-0.05, 0) is 0 Å². The second-order valence-electron chi connectivity index (χ2n) is 3.79. The second-order valence-corrected chi connectivity index (χ2v) is 3.79. The molecule has 0 aliphatic carbocycles. The smallest absolute Gasteiger partial charge is 0.406 e. The Hall–Kier alpha value is -2.30. The van der Waals surface area contributed by atoms with E-state index in [1.807, 2.05) is 30.3 Å². The van der Waals surface area contributed by atoms with E-state index in [1.54, 1.807) is 6.20 Å². The molecule has 1 aromatic carbocycles. The first-order valence-corrected chi connectivity index (χ1v) is 5.70. The third-order valence-corrected chi connectivity index (χ3v) is 2.52. The zero-order valence-corrected chi connectivity index (χ0v) is 10.1. The number of hydrogen-bond donors (Lipinski definition) is 2. The highest BCUT2D eigenvalue weighted by atomic mass is 16.5. The first-order chi connectivity index (χ1) is 8.79. The van der Waals surface area contributed by atoms with Crippen LogP contribution < -0.4 is 5.32 Å². The van der Waals surface area contributed by atoms with E-state index in [0.29, 0.717) is 13.0 Å². The van der Waals surface area contributed by atoms with Gasteiger partial charge >= 0.3 is 6.09 Å². The third kappa shape index (κ3) is 3.10. The zero-order valence-electron chi connectivity index (χ0n) is 10.1. The number of amides is 1. The fourth-order valence-corrected chi connectivity index (χ4v) is 1.60. The van der Waals surface area contributed by atoms with Crippen LogP contribution in [0, 0.1) is 0 Å². The van der Waals surface area contributed by atoms with Gasteiger partial charge in [-0.2, -0.15) is 0 Å². The largest absolute Gasteiger partial charge is 0.453 e. The number of benzene rings is 1. The number of hydrogen-bond acceptors (Lipinski definition) is 3. The van der Waals surface area contributed by atoms with Crippen molar-refractivity contribution in [2.45, 2.75) is 6.42 Å². The van der Waals surface area contributed by atoms with Crippen molar-refractivity contribution in [2.75, 3.05) is 13.7 Å². The van der Waals surface area contributed by atoms with Gasteiger partial charge in [0.1, 0.15) is 5.82 Å². The van der Waals surface area contributed by atoms with Gasteiger partial charge in [-0.15, -0.1) is 0 Å². The van der Waals surface area contributed by atoms with Crippen LogP contribution >= 0.6 is 0 Å². The standard InChI is InChI=1S/C13H15N3O2/c1-18-13(17)14-8-7-11-9-15-12(16-11)10-5-3-2-4-6-10/h2-6,9H,7-8H2,1H3,(H,14,17)(H,15,16). The highest BCUT2D eigenvalue weighted by Gasteiger charge is 2.03. The minimum atomic E-state index is -0.419. The Morgan fingerprint density at radius 2 is 2.17 bits per heavy atom. The summed E-state index contributed by atoms with van der Waals surface area (Å²) in [4.78, 5) is 18.4. The van der Waals surface area contributed by atoms with Gasteiger partial charge < -0.3 is 15.0 Å². The number of ether oxygens (including phenoxy) is 1. The summed E-state index contributed by atoms with van der Waals surface area (Å²) in [6.45, 7) is 0.517. The van der Waals surface area contributed by atoms with Gasteiger partial charge in [0.2, 0.25) is 0 Å². The minimum Gasteiger partial charge on any atom is -0.453 e. The van der Waals surface area contributed by atoms with Crippen LogP contribution in [0.2, 0.25) is 0 Å². The molecule has 0 spiro atoms. The van der Waals surface area contributed by atoms with Crippen molar-refractivity contribution in [3.8, 4) is 11.4 Å². The number of alkyl carbamates (subject to hydrolysis) is 1. The van der Waals surface area contributed by atoms with Crippen molar-refractivity contribution in [3.63, 3.8) is 0 Å². The number of rotatable bonds is 4. The summed E-state index contributed by atoms with van der Waals surface area (Å²) in [6.07, 6.45) is 2.05. The SMILES string of the molecule is COC(=O)NCCc1cnc(-c2ccccc2)[nH]1. The lowest BCUT2D eigenvalue weighted by Gasteiger charge is -2.01. The quantitative estimate of drug-likeness (QED) is 0.865. The van der Waals surface area contributed by atoms with E-state index >= 15 is 0 Å². The van der Waals surface area contributed by atoms with Crippen LogP contribution in [0.15, 0.2) is 36.5 Å². The molecule has 1 heterocycles. The Labute approximate surface area is 105 Å². The van der Waals surface area contributed by atoms with Crippen molar-refractivity contribution in [1.82, 2.24) is 15.3 Å². The van der Waals surface area contributed by atoms with Crippen LogP contribution in [0.1, 0.15) is 5.69 Å². The van der Waals surface area contributed by atoms with E-state index in [1.165, 1.54) is 7.11 Å². The fourth-order valence-electron chi connectivity index (χ4n) is 1.60. The minimum absolute atomic E-state index is 0.419. The Morgan fingerprint density at radius 1 is 1.39 bits per heavy atom. The second kappa shape index (κ2) is 5.86.